The molecule has 0 amide bonds. The van der Waals surface area contributed by atoms with Crippen LogP contribution in [0.25, 0.3) is 0 Å². The Bertz CT molecular complexity index is 181. The number of halogens is 3. The lowest BCUT2D eigenvalue weighted by Crippen LogP contribution is -2.25. The molecule has 0 saturated carbocycles. The van der Waals surface area contributed by atoms with Gasteiger partial charge in [-0.1, -0.05) is 20.8 Å². The monoisotopic (exact) mass is 257 g/mol. The molecule has 0 radical (unpaired) electrons. The summed E-state index contributed by atoms with van der Waals surface area (Å²) in [6.45, 7) is 10.6. The van der Waals surface area contributed by atoms with Crippen molar-refractivity contribution in [1.29, 1.82) is 0 Å². The van der Waals surface area contributed by atoms with Crippen LogP contribution in [0.5, 0.6) is 0 Å². The number of carboxylic acids is 1. The van der Waals surface area contributed by atoms with Crippen molar-refractivity contribution in [1.82, 2.24) is 4.90 Å². The highest BCUT2D eigenvalue weighted by atomic mass is 19.4. The molecule has 0 saturated heterocycles. The minimum absolute atomic E-state index is 1.28. The van der Waals surface area contributed by atoms with Crippen LogP contribution in [-0.2, 0) is 4.79 Å². The molecule has 3 nitrogen and oxygen atoms in total. The molecule has 1 N–H and O–H groups in total. The minimum atomic E-state index is -5.08. The van der Waals surface area contributed by atoms with E-state index in [1.54, 1.807) is 0 Å². The second-order valence-electron chi connectivity index (χ2n) is 3.64. The Balaban J connectivity index is 0. The second kappa shape index (κ2) is 10.4. The number of rotatable bonds is 6. The largest absolute Gasteiger partial charge is 0.490 e. The number of hydrogen-bond donors (Lipinski definition) is 1. The van der Waals surface area contributed by atoms with Crippen molar-refractivity contribution in [3.8, 4) is 0 Å². The average Bonchev–Trinajstić information content (AvgIpc) is 2.18. The highest BCUT2D eigenvalue weighted by Gasteiger charge is 2.38. The van der Waals surface area contributed by atoms with Gasteiger partial charge < -0.3 is 10.0 Å². The van der Waals surface area contributed by atoms with Crippen LogP contribution in [0, 0.1) is 0 Å². The van der Waals surface area contributed by atoms with E-state index >= 15 is 0 Å². The van der Waals surface area contributed by atoms with Crippen molar-refractivity contribution in [2.24, 2.45) is 0 Å². The Morgan fingerprint density at radius 3 is 1.35 bits per heavy atom. The molecule has 0 atom stereocenters. The lowest BCUT2D eigenvalue weighted by molar-refractivity contribution is -0.192. The van der Waals surface area contributed by atoms with Crippen LogP contribution in [0.1, 0.15) is 40.0 Å². The van der Waals surface area contributed by atoms with Crippen LogP contribution in [-0.4, -0.2) is 41.8 Å². The van der Waals surface area contributed by atoms with E-state index in [2.05, 4.69) is 25.7 Å². The maximum absolute atomic E-state index is 10.6. The molecule has 0 spiro atoms. The summed E-state index contributed by atoms with van der Waals surface area (Å²) >= 11 is 0. The molecule has 0 aromatic carbocycles. The van der Waals surface area contributed by atoms with Gasteiger partial charge in [0.05, 0.1) is 0 Å². The Morgan fingerprint density at radius 1 is 1.00 bits per heavy atom. The lowest BCUT2D eigenvalue weighted by Gasteiger charge is -2.19. The van der Waals surface area contributed by atoms with Gasteiger partial charge in [-0.2, -0.15) is 13.2 Å². The lowest BCUT2D eigenvalue weighted by atomic mass is 10.3. The normalized spacial score (nSPS) is 11.0. The molecule has 0 heterocycles. The van der Waals surface area contributed by atoms with Gasteiger partial charge in [0.15, 0.2) is 0 Å². The van der Waals surface area contributed by atoms with E-state index < -0.39 is 12.1 Å². The van der Waals surface area contributed by atoms with Gasteiger partial charge in [-0.15, -0.1) is 0 Å². The summed E-state index contributed by atoms with van der Waals surface area (Å²) in [7, 11) is 0. The van der Waals surface area contributed by atoms with Crippen molar-refractivity contribution in [3.05, 3.63) is 0 Å². The van der Waals surface area contributed by atoms with Gasteiger partial charge >= 0.3 is 12.1 Å². The van der Waals surface area contributed by atoms with Crippen LogP contribution in [0.3, 0.4) is 0 Å². The van der Waals surface area contributed by atoms with E-state index in [1.165, 1.54) is 38.9 Å². The number of carbonyl (C=O) groups is 1. The first kappa shape index (κ1) is 18.6. The molecule has 0 rings (SSSR count). The third kappa shape index (κ3) is 13.2. The maximum atomic E-state index is 10.6. The fourth-order valence-corrected chi connectivity index (χ4v) is 1.28. The van der Waals surface area contributed by atoms with Gasteiger partial charge in [-0.25, -0.2) is 4.79 Å². The summed E-state index contributed by atoms with van der Waals surface area (Å²) in [4.78, 5) is 11.4. The molecular formula is C11H22F3NO2. The summed E-state index contributed by atoms with van der Waals surface area (Å²) in [5.74, 6) is -2.76. The second-order valence-corrected chi connectivity index (χ2v) is 3.64. The Morgan fingerprint density at radius 2 is 1.24 bits per heavy atom. The quantitative estimate of drug-likeness (QED) is 0.794. The number of nitrogens with zero attached hydrogens (tertiary/aromatic N) is 1. The third-order valence-electron chi connectivity index (χ3n) is 1.86. The van der Waals surface area contributed by atoms with Crippen LogP contribution in [0.2, 0.25) is 0 Å². The van der Waals surface area contributed by atoms with E-state index in [1.807, 2.05) is 0 Å². The zero-order valence-corrected chi connectivity index (χ0v) is 10.7. The average molecular weight is 257 g/mol. The van der Waals surface area contributed by atoms with Crippen molar-refractivity contribution < 1.29 is 23.1 Å². The fraction of sp³-hybridized carbons (Fsp3) is 0.909. The predicted octanol–water partition coefficient (Wildman–Crippen LogP) is 3.15. The molecule has 104 valence electrons. The van der Waals surface area contributed by atoms with Gasteiger partial charge in [-0.3, -0.25) is 0 Å². The van der Waals surface area contributed by atoms with E-state index in [4.69, 9.17) is 9.90 Å². The molecule has 0 aliphatic rings. The number of hydrogen-bond acceptors (Lipinski definition) is 2. The summed E-state index contributed by atoms with van der Waals surface area (Å²) in [6, 6.07) is 0. The Kier molecular flexibility index (Phi) is 11.3. The molecule has 0 bridgehead atoms. The first-order valence-electron chi connectivity index (χ1n) is 5.81. The topological polar surface area (TPSA) is 40.5 Å². The zero-order chi connectivity index (χ0) is 13.9. The highest BCUT2D eigenvalue weighted by molar-refractivity contribution is 5.73. The third-order valence-corrected chi connectivity index (χ3v) is 1.86. The van der Waals surface area contributed by atoms with Gasteiger partial charge in [0.25, 0.3) is 0 Å². The molecule has 0 aliphatic carbocycles. The van der Waals surface area contributed by atoms with Gasteiger partial charge in [0.1, 0.15) is 0 Å². The zero-order valence-electron chi connectivity index (χ0n) is 10.7. The van der Waals surface area contributed by atoms with Crippen LogP contribution in [0.15, 0.2) is 0 Å². The molecule has 0 fully saturated rings. The van der Waals surface area contributed by atoms with Gasteiger partial charge in [0, 0.05) is 0 Å². The van der Waals surface area contributed by atoms with Crippen molar-refractivity contribution >= 4 is 5.97 Å². The number of carboxylic acid groups (broad SMARTS) is 1. The molecular weight excluding hydrogens is 235 g/mol. The summed E-state index contributed by atoms with van der Waals surface area (Å²) in [5, 5.41) is 7.12. The Labute approximate surface area is 101 Å². The summed E-state index contributed by atoms with van der Waals surface area (Å²) in [6.07, 6.45) is -1.21. The SMILES string of the molecule is CCCN(CCC)CCC.O=C(O)C(F)(F)F. The van der Waals surface area contributed by atoms with E-state index in [0.29, 0.717) is 0 Å². The first-order valence-corrected chi connectivity index (χ1v) is 5.81. The summed E-state index contributed by atoms with van der Waals surface area (Å²) < 4.78 is 31.7. The molecule has 0 aromatic rings. The smallest absolute Gasteiger partial charge is 0.475 e. The Hall–Kier alpha value is -0.780. The van der Waals surface area contributed by atoms with Crippen molar-refractivity contribution in [2.75, 3.05) is 19.6 Å². The molecule has 6 heteroatoms. The molecule has 0 aromatic heterocycles. The van der Waals surface area contributed by atoms with Crippen molar-refractivity contribution in [3.63, 3.8) is 0 Å². The number of aliphatic carboxylic acids is 1. The maximum Gasteiger partial charge on any atom is 0.490 e. The molecule has 17 heavy (non-hydrogen) atoms. The minimum Gasteiger partial charge on any atom is -0.475 e. The van der Waals surface area contributed by atoms with E-state index in [9.17, 15) is 13.2 Å². The van der Waals surface area contributed by atoms with Gasteiger partial charge in [-0.05, 0) is 38.9 Å². The van der Waals surface area contributed by atoms with Crippen LogP contribution in [0.4, 0.5) is 13.2 Å². The fourth-order valence-electron chi connectivity index (χ4n) is 1.28. The van der Waals surface area contributed by atoms with Crippen LogP contribution < -0.4 is 0 Å². The highest BCUT2D eigenvalue weighted by Crippen LogP contribution is 2.13. The standard InChI is InChI=1S/C9H21N.C2HF3O2/c1-4-7-10(8-5-2)9-6-3;3-2(4,5)1(6)7/h4-9H2,1-3H3;(H,6,7). The van der Waals surface area contributed by atoms with Gasteiger partial charge in [0.2, 0.25) is 0 Å². The van der Waals surface area contributed by atoms with Crippen molar-refractivity contribution in [2.45, 2.75) is 46.2 Å². The van der Waals surface area contributed by atoms with E-state index in [0.717, 1.165) is 0 Å². The molecule has 0 unspecified atom stereocenters. The van der Waals surface area contributed by atoms with E-state index in [-0.39, 0.29) is 0 Å². The summed E-state index contributed by atoms with van der Waals surface area (Å²) in [5.41, 5.74) is 0. The number of alkyl halides is 3. The first-order chi connectivity index (χ1) is 7.79. The molecule has 0 aliphatic heterocycles. The predicted molar refractivity (Wildman–Crippen MR) is 61.0 cm³/mol. The van der Waals surface area contributed by atoms with Crippen LogP contribution >= 0.6 is 0 Å².